The van der Waals surface area contributed by atoms with Crippen LogP contribution in [0.25, 0.3) is 5.82 Å². The quantitative estimate of drug-likeness (QED) is 0.682. The van der Waals surface area contributed by atoms with Crippen LogP contribution in [0.2, 0.25) is 0 Å². The van der Waals surface area contributed by atoms with Gasteiger partial charge in [-0.3, -0.25) is 0 Å². The molecule has 0 spiro atoms. The van der Waals surface area contributed by atoms with Gasteiger partial charge in [0.15, 0.2) is 5.82 Å². The van der Waals surface area contributed by atoms with Crippen LogP contribution in [0.15, 0.2) is 42.6 Å². The molecule has 0 atom stereocenters. The van der Waals surface area contributed by atoms with E-state index in [1.807, 2.05) is 44.2 Å². The third-order valence-corrected chi connectivity index (χ3v) is 3.31. The lowest BCUT2D eigenvalue weighted by atomic mass is 10.2. The van der Waals surface area contributed by atoms with Crippen LogP contribution in [0.3, 0.4) is 0 Å². The number of aromatic nitrogens is 4. The van der Waals surface area contributed by atoms with Gasteiger partial charge >= 0.3 is 0 Å². The van der Waals surface area contributed by atoms with Crippen LogP contribution in [-0.4, -0.2) is 33.0 Å². The van der Waals surface area contributed by atoms with Crippen molar-refractivity contribution < 1.29 is 9.47 Å². The van der Waals surface area contributed by atoms with Gasteiger partial charge in [-0.05, 0) is 38.1 Å². The lowest BCUT2D eigenvalue weighted by Crippen LogP contribution is -2.04. The Morgan fingerprint density at radius 1 is 1.12 bits per heavy atom. The van der Waals surface area contributed by atoms with Crippen molar-refractivity contribution in [3.8, 4) is 17.3 Å². The zero-order valence-corrected chi connectivity index (χ0v) is 14.1. The number of pyridine rings is 1. The smallest absolute Gasteiger partial charge is 0.249 e. The van der Waals surface area contributed by atoms with E-state index < -0.39 is 0 Å². The van der Waals surface area contributed by atoms with Crippen molar-refractivity contribution in [3.63, 3.8) is 0 Å². The molecule has 0 bridgehead atoms. The maximum atomic E-state index is 5.95. The molecule has 0 amide bonds. The molecule has 25 heavy (non-hydrogen) atoms. The van der Waals surface area contributed by atoms with Crippen molar-refractivity contribution in [2.75, 3.05) is 24.3 Å². The number of hydrogen-bond acceptors (Lipinski definition) is 7. The van der Waals surface area contributed by atoms with Crippen LogP contribution >= 0.6 is 0 Å². The summed E-state index contributed by atoms with van der Waals surface area (Å²) >= 11 is 0. The van der Waals surface area contributed by atoms with Crippen molar-refractivity contribution in [3.05, 3.63) is 42.6 Å². The molecule has 0 unspecified atom stereocenters. The minimum absolute atomic E-state index is 0.236. The molecule has 8 heteroatoms. The third kappa shape index (κ3) is 3.79. The largest absolute Gasteiger partial charge is 0.494 e. The van der Waals surface area contributed by atoms with E-state index in [4.69, 9.17) is 15.2 Å². The molecule has 2 heterocycles. The number of nitrogen functional groups attached to an aromatic ring is 1. The summed E-state index contributed by atoms with van der Waals surface area (Å²) in [5.74, 6) is 2.58. The fraction of sp³-hybridized carbons (Fsp3) is 0.235. The van der Waals surface area contributed by atoms with E-state index in [1.54, 1.807) is 12.3 Å². The van der Waals surface area contributed by atoms with Gasteiger partial charge in [-0.2, -0.15) is 9.67 Å². The second-order valence-corrected chi connectivity index (χ2v) is 5.04. The first-order valence-electron chi connectivity index (χ1n) is 8.02. The molecular formula is C17H20N6O2. The summed E-state index contributed by atoms with van der Waals surface area (Å²) < 4.78 is 12.6. The highest BCUT2D eigenvalue weighted by Gasteiger charge is 2.13. The van der Waals surface area contributed by atoms with E-state index in [1.165, 1.54) is 4.68 Å². The van der Waals surface area contributed by atoms with Gasteiger partial charge in [0.05, 0.1) is 18.9 Å². The van der Waals surface area contributed by atoms with Crippen LogP contribution in [0.4, 0.5) is 17.6 Å². The number of nitrogens with one attached hydrogen (secondary N) is 1. The monoisotopic (exact) mass is 340 g/mol. The molecular weight excluding hydrogens is 320 g/mol. The number of anilines is 3. The molecule has 0 aliphatic carbocycles. The molecule has 0 saturated heterocycles. The van der Waals surface area contributed by atoms with E-state index in [0.29, 0.717) is 36.4 Å². The van der Waals surface area contributed by atoms with Gasteiger partial charge < -0.3 is 20.5 Å². The first-order chi connectivity index (χ1) is 12.2. The molecule has 1 aromatic carbocycles. The van der Waals surface area contributed by atoms with E-state index in [2.05, 4.69) is 20.4 Å². The van der Waals surface area contributed by atoms with Gasteiger partial charge in [-0.25, -0.2) is 4.98 Å². The zero-order valence-electron chi connectivity index (χ0n) is 14.1. The standard InChI is InChI=1S/C17H20N6O2/c1-3-24-12-8-9-14(25-4-2)13(11-12)20-17-21-16(18)23(22-17)15-7-5-6-10-19-15/h5-11H,3-4H2,1-2H3,(H3,18,20,21,22). The molecule has 0 radical (unpaired) electrons. The molecule has 3 rings (SSSR count). The zero-order chi connectivity index (χ0) is 17.6. The second-order valence-electron chi connectivity index (χ2n) is 5.04. The second kappa shape index (κ2) is 7.52. The van der Waals surface area contributed by atoms with E-state index in [9.17, 15) is 0 Å². The van der Waals surface area contributed by atoms with Crippen LogP contribution in [0.1, 0.15) is 13.8 Å². The minimum atomic E-state index is 0.236. The predicted molar refractivity (Wildman–Crippen MR) is 95.6 cm³/mol. The Hall–Kier alpha value is -3.29. The van der Waals surface area contributed by atoms with Crippen molar-refractivity contribution in [2.45, 2.75) is 13.8 Å². The van der Waals surface area contributed by atoms with E-state index in [0.717, 1.165) is 5.75 Å². The Morgan fingerprint density at radius 3 is 2.68 bits per heavy atom. The normalized spacial score (nSPS) is 10.5. The average molecular weight is 340 g/mol. The molecule has 3 aromatic rings. The minimum Gasteiger partial charge on any atom is -0.494 e. The predicted octanol–water partition coefficient (Wildman–Crippen LogP) is 2.79. The first-order valence-corrected chi connectivity index (χ1v) is 8.02. The van der Waals surface area contributed by atoms with Crippen molar-refractivity contribution >= 4 is 17.6 Å². The number of benzene rings is 1. The Bertz CT molecular complexity index is 834. The summed E-state index contributed by atoms with van der Waals surface area (Å²) in [5.41, 5.74) is 6.65. The summed E-state index contributed by atoms with van der Waals surface area (Å²) in [4.78, 5) is 8.46. The number of hydrogen-bond donors (Lipinski definition) is 2. The van der Waals surface area contributed by atoms with Crippen molar-refractivity contribution in [1.29, 1.82) is 0 Å². The van der Waals surface area contributed by atoms with Crippen LogP contribution in [0.5, 0.6) is 11.5 Å². The highest BCUT2D eigenvalue weighted by atomic mass is 16.5. The Morgan fingerprint density at radius 2 is 1.96 bits per heavy atom. The maximum absolute atomic E-state index is 5.95. The lowest BCUT2D eigenvalue weighted by molar-refractivity contribution is 0.332. The number of rotatable bonds is 7. The highest BCUT2D eigenvalue weighted by molar-refractivity contribution is 5.65. The fourth-order valence-electron chi connectivity index (χ4n) is 2.29. The number of nitrogens with zero attached hydrogens (tertiary/aromatic N) is 4. The van der Waals surface area contributed by atoms with Crippen molar-refractivity contribution in [1.82, 2.24) is 19.7 Å². The maximum Gasteiger partial charge on any atom is 0.249 e. The Kier molecular flexibility index (Phi) is 4.98. The topological polar surface area (TPSA) is 100 Å². The average Bonchev–Trinajstić information content (AvgIpc) is 2.99. The highest BCUT2D eigenvalue weighted by Crippen LogP contribution is 2.31. The first kappa shape index (κ1) is 16.6. The van der Waals surface area contributed by atoms with Gasteiger partial charge in [-0.15, -0.1) is 5.10 Å². The van der Waals surface area contributed by atoms with E-state index in [-0.39, 0.29) is 5.95 Å². The lowest BCUT2D eigenvalue weighted by Gasteiger charge is -2.12. The summed E-state index contributed by atoms with van der Waals surface area (Å²) in [7, 11) is 0. The molecule has 0 fully saturated rings. The molecule has 8 nitrogen and oxygen atoms in total. The molecule has 0 aliphatic rings. The van der Waals surface area contributed by atoms with Gasteiger partial charge in [0.25, 0.3) is 0 Å². The summed E-state index contributed by atoms with van der Waals surface area (Å²) in [6, 6.07) is 11.0. The summed E-state index contributed by atoms with van der Waals surface area (Å²) in [6.45, 7) is 4.97. The number of nitrogens with two attached hydrogens (primary N) is 1. The summed E-state index contributed by atoms with van der Waals surface area (Å²) in [6.07, 6.45) is 1.67. The molecule has 3 N–H and O–H groups in total. The van der Waals surface area contributed by atoms with Crippen molar-refractivity contribution in [2.24, 2.45) is 0 Å². The van der Waals surface area contributed by atoms with Crippen LogP contribution in [0, 0.1) is 0 Å². The SMILES string of the molecule is CCOc1ccc(OCC)c(Nc2nc(N)n(-c3ccccn3)n2)c1. The van der Waals surface area contributed by atoms with E-state index >= 15 is 0 Å². The van der Waals surface area contributed by atoms with Gasteiger partial charge in [0.1, 0.15) is 11.5 Å². The third-order valence-electron chi connectivity index (χ3n) is 3.31. The summed E-state index contributed by atoms with van der Waals surface area (Å²) in [5, 5.41) is 7.49. The molecule has 0 aliphatic heterocycles. The molecule has 2 aromatic heterocycles. The molecule has 130 valence electrons. The van der Waals surface area contributed by atoms with Crippen LogP contribution < -0.4 is 20.5 Å². The fourth-order valence-corrected chi connectivity index (χ4v) is 2.29. The van der Waals surface area contributed by atoms with Gasteiger partial charge in [0, 0.05) is 12.3 Å². The molecule has 0 saturated carbocycles. The Balaban J connectivity index is 1.90. The van der Waals surface area contributed by atoms with Gasteiger partial charge in [-0.1, -0.05) is 6.07 Å². The van der Waals surface area contributed by atoms with Gasteiger partial charge in [0.2, 0.25) is 11.9 Å². The number of ether oxygens (including phenoxy) is 2. The van der Waals surface area contributed by atoms with Crippen LogP contribution in [-0.2, 0) is 0 Å². The Labute approximate surface area is 145 Å².